The van der Waals surface area contributed by atoms with Gasteiger partial charge in [0.25, 0.3) is 0 Å². The van der Waals surface area contributed by atoms with Crippen LogP contribution in [-0.2, 0) is 15.9 Å². The van der Waals surface area contributed by atoms with E-state index in [1.807, 2.05) is 0 Å². The van der Waals surface area contributed by atoms with Crippen LogP contribution in [0.25, 0.3) is 0 Å². The van der Waals surface area contributed by atoms with Crippen LogP contribution in [0.5, 0.6) is 0 Å². The molecule has 112 valence electrons. The van der Waals surface area contributed by atoms with Crippen LogP contribution in [0.3, 0.4) is 0 Å². The number of halogens is 3. The second-order valence-electron chi connectivity index (χ2n) is 4.51. The molecular formula is C12H14ClF2NO2S2. The Kier molecular flexibility index (Phi) is 4.94. The van der Waals surface area contributed by atoms with Crippen molar-refractivity contribution < 1.29 is 17.2 Å². The van der Waals surface area contributed by atoms with Gasteiger partial charge in [0.2, 0.25) is 10.0 Å². The molecule has 1 aromatic rings. The summed E-state index contributed by atoms with van der Waals surface area (Å²) in [5.74, 6) is -0.790. The van der Waals surface area contributed by atoms with Gasteiger partial charge < -0.3 is 0 Å². The van der Waals surface area contributed by atoms with E-state index in [1.54, 1.807) is 11.8 Å². The van der Waals surface area contributed by atoms with E-state index >= 15 is 0 Å². The van der Waals surface area contributed by atoms with Crippen LogP contribution in [0.15, 0.2) is 17.0 Å². The number of thioether (sulfide) groups is 1. The normalized spacial score (nSPS) is 19.8. The summed E-state index contributed by atoms with van der Waals surface area (Å²) in [5.41, 5.74) is -0.415. The molecule has 1 fully saturated rings. The molecule has 1 aromatic carbocycles. The molecule has 0 amide bonds. The van der Waals surface area contributed by atoms with Crippen LogP contribution >= 0.6 is 23.4 Å². The van der Waals surface area contributed by atoms with Gasteiger partial charge in [-0.05, 0) is 24.3 Å². The van der Waals surface area contributed by atoms with Gasteiger partial charge in [-0.25, -0.2) is 17.2 Å². The molecule has 0 saturated carbocycles. The van der Waals surface area contributed by atoms with Gasteiger partial charge in [-0.1, -0.05) is 0 Å². The highest BCUT2D eigenvalue weighted by Gasteiger charge is 2.33. The molecule has 1 aliphatic heterocycles. The zero-order valence-corrected chi connectivity index (χ0v) is 13.2. The summed E-state index contributed by atoms with van der Waals surface area (Å²) in [5, 5.41) is 0. The van der Waals surface area contributed by atoms with E-state index in [9.17, 15) is 17.2 Å². The van der Waals surface area contributed by atoms with Crippen molar-refractivity contribution in [2.24, 2.45) is 0 Å². The molecule has 1 aliphatic rings. The van der Waals surface area contributed by atoms with Crippen molar-refractivity contribution in [2.75, 3.05) is 18.6 Å². The summed E-state index contributed by atoms with van der Waals surface area (Å²) in [6.45, 7) is 0. The number of rotatable bonds is 4. The van der Waals surface area contributed by atoms with Crippen molar-refractivity contribution >= 4 is 33.4 Å². The molecule has 1 unspecified atom stereocenters. The summed E-state index contributed by atoms with van der Waals surface area (Å²) in [4.78, 5) is -0.519. The van der Waals surface area contributed by atoms with Crippen molar-refractivity contribution in [3.05, 3.63) is 29.3 Å². The summed E-state index contributed by atoms with van der Waals surface area (Å²) in [6.07, 6.45) is 0.728. The molecule has 0 aliphatic carbocycles. The average molecular weight is 342 g/mol. The zero-order chi connectivity index (χ0) is 14.9. The Balaban J connectivity index is 2.44. The Hall–Kier alpha value is -0.370. The minimum atomic E-state index is -3.98. The predicted octanol–water partition coefficient (Wildman–Crippen LogP) is 2.83. The molecule has 0 radical (unpaired) electrons. The van der Waals surface area contributed by atoms with E-state index in [1.165, 1.54) is 11.4 Å². The Labute approximate surface area is 126 Å². The van der Waals surface area contributed by atoms with E-state index in [4.69, 9.17) is 11.6 Å². The van der Waals surface area contributed by atoms with Crippen LogP contribution in [0.1, 0.15) is 12.0 Å². The fraction of sp³-hybridized carbons (Fsp3) is 0.500. The summed E-state index contributed by atoms with van der Waals surface area (Å²) < 4.78 is 53.6. The van der Waals surface area contributed by atoms with Gasteiger partial charge in [-0.15, -0.1) is 11.6 Å². The molecule has 1 saturated heterocycles. The molecule has 2 rings (SSSR count). The molecule has 20 heavy (non-hydrogen) atoms. The van der Waals surface area contributed by atoms with Crippen molar-refractivity contribution in [3.8, 4) is 0 Å². The minimum Gasteiger partial charge on any atom is -0.207 e. The fourth-order valence-corrected chi connectivity index (χ4v) is 5.14. The smallest absolute Gasteiger partial charge is 0.207 e. The van der Waals surface area contributed by atoms with Gasteiger partial charge in [0.15, 0.2) is 5.82 Å². The van der Waals surface area contributed by atoms with E-state index < -0.39 is 38.0 Å². The monoisotopic (exact) mass is 341 g/mol. The first-order chi connectivity index (χ1) is 9.39. The number of sulfonamides is 1. The standard InChI is InChI=1S/C12H14ClF2NO2S2/c1-16(8-4-5-19-7-8)20(17,18)11-3-2-10(14)9(6-13)12(11)15/h2-3,8H,4-7H2,1H3. The zero-order valence-electron chi connectivity index (χ0n) is 10.8. The van der Waals surface area contributed by atoms with Crippen LogP contribution in [-0.4, -0.2) is 37.3 Å². The second kappa shape index (κ2) is 6.17. The molecule has 0 bridgehead atoms. The predicted molar refractivity (Wildman–Crippen MR) is 76.6 cm³/mol. The Morgan fingerprint density at radius 2 is 2.15 bits per heavy atom. The Morgan fingerprint density at radius 1 is 1.45 bits per heavy atom. The third-order valence-electron chi connectivity index (χ3n) is 3.36. The highest BCUT2D eigenvalue weighted by atomic mass is 35.5. The Bertz CT molecular complexity index is 604. The maximum atomic E-state index is 14.1. The topological polar surface area (TPSA) is 37.4 Å². The maximum absolute atomic E-state index is 14.1. The third-order valence-corrected chi connectivity index (χ3v) is 6.70. The lowest BCUT2D eigenvalue weighted by Gasteiger charge is -2.23. The van der Waals surface area contributed by atoms with E-state index in [0.717, 1.165) is 24.3 Å². The molecule has 8 heteroatoms. The minimum absolute atomic E-state index is 0.158. The first kappa shape index (κ1) is 16.0. The van der Waals surface area contributed by atoms with Crippen molar-refractivity contribution in [1.29, 1.82) is 0 Å². The number of nitrogens with zero attached hydrogens (tertiary/aromatic N) is 1. The Morgan fingerprint density at radius 3 is 2.70 bits per heavy atom. The first-order valence-electron chi connectivity index (χ1n) is 5.98. The quantitative estimate of drug-likeness (QED) is 0.790. The van der Waals surface area contributed by atoms with Gasteiger partial charge in [0.1, 0.15) is 10.7 Å². The molecule has 1 atom stereocenters. The van der Waals surface area contributed by atoms with Crippen LogP contribution in [0, 0.1) is 11.6 Å². The molecule has 0 spiro atoms. The molecule has 0 aromatic heterocycles. The summed E-state index contributed by atoms with van der Waals surface area (Å²) in [7, 11) is -2.56. The van der Waals surface area contributed by atoms with E-state index in [-0.39, 0.29) is 6.04 Å². The molecular weight excluding hydrogens is 328 g/mol. The second-order valence-corrected chi connectivity index (χ2v) is 7.89. The van der Waals surface area contributed by atoms with Gasteiger partial charge in [-0.3, -0.25) is 0 Å². The molecule has 3 nitrogen and oxygen atoms in total. The number of hydrogen-bond acceptors (Lipinski definition) is 3. The van der Waals surface area contributed by atoms with Crippen LogP contribution < -0.4 is 0 Å². The number of hydrogen-bond donors (Lipinski definition) is 0. The summed E-state index contributed by atoms with van der Waals surface area (Å²) in [6, 6.07) is 1.73. The highest BCUT2D eigenvalue weighted by Crippen LogP contribution is 2.29. The fourth-order valence-electron chi connectivity index (χ4n) is 2.06. The highest BCUT2D eigenvalue weighted by molar-refractivity contribution is 7.99. The van der Waals surface area contributed by atoms with Crippen LogP contribution in [0.4, 0.5) is 8.78 Å². The van der Waals surface area contributed by atoms with E-state index in [0.29, 0.717) is 5.75 Å². The average Bonchev–Trinajstić information content (AvgIpc) is 2.91. The maximum Gasteiger partial charge on any atom is 0.246 e. The van der Waals surface area contributed by atoms with Gasteiger partial charge in [-0.2, -0.15) is 16.1 Å². The molecule has 1 heterocycles. The van der Waals surface area contributed by atoms with Crippen molar-refractivity contribution in [3.63, 3.8) is 0 Å². The first-order valence-corrected chi connectivity index (χ1v) is 9.11. The van der Waals surface area contributed by atoms with Crippen molar-refractivity contribution in [2.45, 2.75) is 23.2 Å². The number of benzene rings is 1. The lowest BCUT2D eigenvalue weighted by Crippen LogP contribution is -2.37. The van der Waals surface area contributed by atoms with Gasteiger partial charge in [0, 0.05) is 24.4 Å². The molecule has 0 N–H and O–H groups in total. The SMILES string of the molecule is CN(C1CCSC1)S(=O)(=O)c1ccc(F)c(CCl)c1F. The lowest BCUT2D eigenvalue weighted by molar-refractivity contribution is 0.391. The van der Waals surface area contributed by atoms with Gasteiger partial charge >= 0.3 is 0 Å². The van der Waals surface area contributed by atoms with Gasteiger partial charge in [0.05, 0.1) is 5.88 Å². The lowest BCUT2D eigenvalue weighted by atomic mass is 10.2. The van der Waals surface area contributed by atoms with Crippen molar-refractivity contribution in [1.82, 2.24) is 4.31 Å². The van der Waals surface area contributed by atoms with Crippen LogP contribution in [0.2, 0.25) is 0 Å². The largest absolute Gasteiger partial charge is 0.246 e. The van der Waals surface area contributed by atoms with E-state index in [2.05, 4.69) is 0 Å². The number of alkyl halides is 1. The summed E-state index contributed by atoms with van der Waals surface area (Å²) >= 11 is 7.13. The third kappa shape index (κ3) is 2.81.